The van der Waals surface area contributed by atoms with Gasteiger partial charge in [-0.2, -0.15) is 0 Å². The van der Waals surface area contributed by atoms with Crippen molar-refractivity contribution in [3.05, 3.63) is 29.1 Å². The lowest BCUT2D eigenvalue weighted by Crippen LogP contribution is -2.35. The highest BCUT2D eigenvalue weighted by molar-refractivity contribution is 5.38. The van der Waals surface area contributed by atoms with E-state index in [2.05, 4.69) is 5.32 Å². The summed E-state index contributed by atoms with van der Waals surface area (Å²) in [6.45, 7) is 2.89. The quantitative estimate of drug-likeness (QED) is 0.872. The molecule has 0 aliphatic carbocycles. The second-order valence-corrected chi connectivity index (χ2v) is 4.76. The van der Waals surface area contributed by atoms with E-state index in [0.717, 1.165) is 18.5 Å². The molecule has 0 bridgehead atoms. The van der Waals surface area contributed by atoms with Crippen LogP contribution >= 0.6 is 0 Å². The van der Waals surface area contributed by atoms with Crippen molar-refractivity contribution in [2.24, 2.45) is 0 Å². The third-order valence-corrected chi connectivity index (χ3v) is 3.44. The molecule has 0 aromatic heterocycles. The Labute approximate surface area is 102 Å². The molecule has 94 valence electrons. The first kappa shape index (κ1) is 12.4. The fraction of sp³-hybridized carbons (Fsp3) is 0.571. The number of aryl methyl sites for hydroxylation is 1. The zero-order chi connectivity index (χ0) is 12.3. The summed E-state index contributed by atoms with van der Waals surface area (Å²) < 4.78 is 18.7. The molecule has 0 radical (unpaired) electrons. The molecule has 1 N–H and O–H groups in total. The highest BCUT2D eigenvalue weighted by Crippen LogP contribution is 2.25. The molecule has 0 saturated carbocycles. The summed E-state index contributed by atoms with van der Waals surface area (Å²) in [5, 5.41) is 3.50. The zero-order valence-corrected chi connectivity index (χ0v) is 10.6. The summed E-state index contributed by atoms with van der Waals surface area (Å²) in [5.41, 5.74) is 1.79. The molecule has 17 heavy (non-hydrogen) atoms. The van der Waals surface area contributed by atoms with Crippen LogP contribution in [0.4, 0.5) is 4.39 Å². The predicted molar refractivity (Wildman–Crippen MR) is 67.0 cm³/mol. The van der Waals surface area contributed by atoms with Crippen molar-refractivity contribution in [3.63, 3.8) is 0 Å². The molecule has 0 amide bonds. The van der Waals surface area contributed by atoms with Gasteiger partial charge in [0.1, 0.15) is 11.6 Å². The number of hydrogen-bond acceptors (Lipinski definition) is 2. The average molecular weight is 237 g/mol. The topological polar surface area (TPSA) is 21.3 Å². The van der Waals surface area contributed by atoms with Crippen LogP contribution in [0.25, 0.3) is 0 Å². The fourth-order valence-electron chi connectivity index (χ4n) is 2.44. The van der Waals surface area contributed by atoms with E-state index in [1.807, 2.05) is 6.07 Å². The van der Waals surface area contributed by atoms with Crippen LogP contribution in [0.5, 0.6) is 5.75 Å². The molecule has 1 aromatic rings. The summed E-state index contributed by atoms with van der Waals surface area (Å²) in [5.74, 6) is 0.475. The summed E-state index contributed by atoms with van der Waals surface area (Å²) >= 11 is 0. The van der Waals surface area contributed by atoms with Gasteiger partial charge < -0.3 is 10.1 Å². The third-order valence-electron chi connectivity index (χ3n) is 3.44. The van der Waals surface area contributed by atoms with Crippen molar-refractivity contribution in [1.82, 2.24) is 5.32 Å². The molecule has 2 rings (SSSR count). The van der Waals surface area contributed by atoms with E-state index in [-0.39, 0.29) is 5.82 Å². The third kappa shape index (κ3) is 2.97. The van der Waals surface area contributed by atoms with E-state index in [0.29, 0.717) is 17.4 Å². The standard InChI is InChI=1S/C14H20FNO/c1-10-7-11(14(17-2)9-13(10)15)8-12-5-3-4-6-16-12/h7,9,12,16H,3-6,8H2,1-2H3. The van der Waals surface area contributed by atoms with Gasteiger partial charge in [0.05, 0.1) is 7.11 Å². The lowest BCUT2D eigenvalue weighted by Gasteiger charge is -2.24. The number of benzene rings is 1. The van der Waals surface area contributed by atoms with Gasteiger partial charge >= 0.3 is 0 Å². The van der Waals surface area contributed by atoms with Gasteiger partial charge in [0.25, 0.3) is 0 Å². The van der Waals surface area contributed by atoms with E-state index < -0.39 is 0 Å². The monoisotopic (exact) mass is 237 g/mol. The molecule has 1 saturated heterocycles. The highest BCUT2D eigenvalue weighted by Gasteiger charge is 2.16. The van der Waals surface area contributed by atoms with Crippen LogP contribution in [0.1, 0.15) is 30.4 Å². The molecule has 1 atom stereocenters. The van der Waals surface area contributed by atoms with E-state index in [1.54, 1.807) is 14.0 Å². The summed E-state index contributed by atoms with van der Waals surface area (Å²) in [6.07, 6.45) is 4.65. The molecule has 0 spiro atoms. The minimum atomic E-state index is -0.192. The second-order valence-electron chi connectivity index (χ2n) is 4.76. The number of hydrogen-bond donors (Lipinski definition) is 1. The van der Waals surface area contributed by atoms with E-state index >= 15 is 0 Å². The molecule has 1 unspecified atom stereocenters. The number of nitrogens with one attached hydrogen (secondary N) is 1. The van der Waals surface area contributed by atoms with Crippen LogP contribution in [0.15, 0.2) is 12.1 Å². The number of ether oxygens (including phenoxy) is 1. The Morgan fingerprint density at radius 1 is 1.41 bits per heavy atom. The van der Waals surface area contributed by atoms with Crippen molar-refractivity contribution in [2.75, 3.05) is 13.7 Å². The molecule has 1 fully saturated rings. The van der Waals surface area contributed by atoms with E-state index in [4.69, 9.17) is 4.74 Å². The van der Waals surface area contributed by atoms with Crippen molar-refractivity contribution in [2.45, 2.75) is 38.6 Å². The van der Waals surface area contributed by atoms with Crippen LogP contribution in [0.2, 0.25) is 0 Å². The van der Waals surface area contributed by atoms with Crippen molar-refractivity contribution < 1.29 is 9.13 Å². The normalized spacial score (nSPS) is 20.3. The fourth-order valence-corrected chi connectivity index (χ4v) is 2.44. The lowest BCUT2D eigenvalue weighted by molar-refractivity contribution is 0.379. The predicted octanol–water partition coefficient (Wildman–Crippen LogP) is 2.83. The van der Waals surface area contributed by atoms with Crippen molar-refractivity contribution >= 4 is 0 Å². The molecule has 1 aliphatic rings. The largest absolute Gasteiger partial charge is 0.496 e. The first-order valence-electron chi connectivity index (χ1n) is 6.27. The Hall–Kier alpha value is -1.09. The van der Waals surface area contributed by atoms with Crippen LogP contribution in [0.3, 0.4) is 0 Å². The Morgan fingerprint density at radius 3 is 2.88 bits per heavy atom. The molecule has 1 aromatic carbocycles. The molecular weight excluding hydrogens is 217 g/mol. The first-order chi connectivity index (χ1) is 8.20. The highest BCUT2D eigenvalue weighted by atomic mass is 19.1. The van der Waals surface area contributed by atoms with Gasteiger partial charge in [-0.3, -0.25) is 0 Å². The van der Waals surface area contributed by atoms with Gasteiger partial charge in [-0.25, -0.2) is 4.39 Å². The Balaban J connectivity index is 2.15. The number of piperidine rings is 1. The summed E-state index contributed by atoms with van der Waals surface area (Å²) in [4.78, 5) is 0. The maximum atomic E-state index is 13.4. The number of halogens is 1. The average Bonchev–Trinajstić information content (AvgIpc) is 2.35. The maximum absolute atomic E-state index is 13.4. The molecule has 1 aliphatic heterocycles. The van der Waals surface area contributed by atoms with Crippen LogP contribution in [-0.2, 0) is 6.42 Å². The van der Waals surface area contributed by atoms with E-state index in [1.165, 1.54) is 25.3 Å². The molecule has 1 heterocycles. The Morgan fingerprint density at radius 2 is 2.24 bits per heavy atom. The van der Waals surface area contributed by atoms with Crippen molar-refractivity contribution in [1.29, 1.82) is 0 Å². The Bertz CT molecular complexity index is 386. The molecule has 3 heteroatoms. The van der Waals surface area contributed by atoms with Gasteiger partial charge in [0, 0.05) is 12.1 Å². The first-order valence-corrected chi connectivity index (χ1v) is 6.27. The van der Waals surface area contributed by atoms with E-state index in [9.17, 15) is 4.39 Å². The van der Waals surface area contributed by atoms with Gasteiger partial charge in [0.2, 0.25) is 0 Å². The summed E-state index contributed by atoms with van der Waals surface area (Å²) in [7, 11) is 1.60. The van der Waals surface area contributed by atoms with Gasteiger partial charge in [-0.15, -0.1) is 0 Å². The minimum absolute atomic E-state index is 0.192. The maximum Gasteiger partial charge on any atom is 0.129 e. The molecular formula is C14H20FNO. The molecule has 2 nitrogen and oxygen atoms in total. The van der Waals surface area contributed by atoms with Crippen LogP contribution in [-0.4, -0.2) is 19.7 Å². The minimum Gasteiger partial charge on any atom is -0.496 e. The summed E-state index contributed by atoms with van der Waals surface area (Å²) in [6, 6.07) is 3.90. The smallest absolute Gasteiger partial charge is 0.129 e. The second kappa shape index (κ2) is 5.50. The van der Waals surface area contributed by atoms with Crippen LogP contribution in [0, 0.1) is 12.7 Å². The Kier molecular flexibility index (Phi) is 4.00. The van der Waals surface area contributed by atoms with Gasteiger partial charge in [-0.1, -0.05) is 6.42 Å². The van der Waals surface area contributed by atoms with Gasteiger partial charge in [-0.05, 0) is 49.9 Å². The number of rotatable bonds is 3. The van der Waals surface area contributed by atoms with Gasteiger partial charge in [0.15, 0.2) is 0 Å². The lowest BCUT2D eigenvalue weighted by atomic mass is 9.96. The SMILES string of the molecule is COc1cc(F)c(C)cc1CC1CCCCN1. The van der Waals surface area contributed by atoms with Crippen LogP contribution < -0.4 is 10.1 Å². The zero-order valence-electron chi connectivity index (χ0n) is 10.6. The number of methoxy groups -OCH3 is 1. The van der Waals surface area contributed by atoms with Crippen molar-refractivity contribution in [3.8, 4) is 5.75 Å².